The van der Waals surface area contributed by atoms with Crippen molar-refractivity contribution in [2.75, 3.05) is 0 Å². The van der Waals surface area contributed by atoms with Crippen LogP contribution in [0, 0.1) is 20.8 Å². The Morgan fingerprint density at radius 1 is 0.408 bits per heavy atom. The van der Waals surface area contributed by atoms with E-state index < -0.39 is 0 Å². The molecule has 0 nitrogen and oxygen atoms in total. The van der Waals surface area contributed by atoms with Gasteiger partial charge in [-0.3, -0.25) is 0 Å². The zero-order valence-electron chi connectivity index (χ0n) is 28.2. The topological polar surface area (TPSA) is 0 Å². The standard InChI is InChI=1S/C20H15.C15H13.C13H10.Zr/c1-14-12-16-8-5-11-19(20(16)13-14)18-10-4-7-15-6-2-3-9-17(15)18;1-10-3-5-14-12(7-10)9-13-8-11(2)4-6-15(13)14;1-3-7-12(8-4-1)11-13-9-5-2-6-10-13;/h2-13H,1H3;3-9H,1-2H3;1-10H;/q2*-1;;+2. The van der Waals surface area contributed by atoms with Crippen molar-refractivity contribution in [3.8, 4) is 11.1 Å². The van der Waals surface area contributed by atoms with Crippen LogP contribution in [0.2, 0.25) is 0 Å². The molecule has 0 aromatic heterocycles. The Morgan fingerprint density at radius 2 is 0.918 bits per heavy atom. The molecule has 0 unspecified atom stereocenters. The summed E-state index contributed by atoms with van der Waals surface area (Å²) in [6.07, 6.45) is 0. The maximum absolute atomic E-state index is 2.28. The van der Waals surface area contributed by atoms with E-state index in [0.717, 1.165) is 0 Å². The minimum atomic E-state index is 1.30. The van der Waals surface area contributed by atoms with Crippen molar-refractivity contribution in [3.63, 3.8) is 0 Å². The molecule has 0 spiro atoms. The van der Waals surface area contributed by atoms with Gasteiger partial charge >= 0.3 is 99.2 Å². The molecular weight excluding hydrogens is 668 g/mol. The van der Waals surface area contributed by atoms with Crippen molar-refractivity contribution in [1.82, 2.24) is 0 Å². The van der Waals surface area contributed by atoms with Gasteiger partial charge < -0.3 is 0 Å². The van der Waals surface area contributed by atoms with Gasteiger partial charge in [0, 0.05) is 0 Å². The van der Waals surface area contributed by atoms with Crippen LogP contribution in [0.1, 0.15) is 27.8 Å². The minimum absolute atomic E-state index is 1.30. The van der Waals surface area contributed by atoms with Crippen molar-refractivity contribution in [2.45, 2.75) is 20.8 Å². The maximum atomic E-state index is 2.28. The third-order valence-electron chi connectivity index (χ3n) is 9.12. The third-order valence-corrected chi connectivity index (χ3v) is 10.5. The Balaban J connectivity index is 0.000000118. The molecule has 0 atom stereocenters. The van der Waals surface area contributed by atoms with Crippen LogP contribution in [0.4, 0.5) is 0 Å². The van der Waals surface area contributed by atoms with E-state index in [1.165, 1.54) is 109 Å². The number of rotatable bonds is 3. The summed E-state index contributed by atoms with van der Waals surface area (Å²) >= 11 is 1.46. The first-order valence-electron chi connectivity index (χ1n) is 16.8. The zero-order chi connectivity index (χ0) is 33.7. The molecule has 0 bridgehead atoms. The summed E-state index contributed by atoms with van der Waals surface area (Å²) in [7, 11) is 0. The van der Waals surface area contributed by atoms with Crippen LogP contribution >= 0.6 is 0 Å². The second-order valence-corrected chi connectivity index (χ2v) is 14.0. The molecule has 0 fully saturated rings. The summed E-state index contributed by atoms with van der Waals surface area (Å²) < 4.78 is 1.42. The van der Waals surface area contributed by atoms with Crippen LogP contribution in [-0.2, 0) is 24.2 Å². The van der Waals surface area contributed by atoms with Crippen LogP contribution in [0.5, 0.6) is 0 Å². The van der Waals surface area contributed by atoms with E-state index >= 15 is 0 Å². The van der Waals surface area contributed by atoms with Gasteiger partial charge in [-0.15, -0.1) is 74.3 Å². The predicted molar refractivity (Wildman–Crippen MR) is 210 cm³/mol. The first kappa shape index (κ1) is 32.6. The van der Waals surface area contributed by atoms with Gasteiger partial charge in [0.05, 0.1) is 0 Å². The summed E-state index contributed by atoms with van der Waals surface area (Å²) in [5.74, 6) is 0. The second kappa shape index (κ2) is 14.7. The SMILES string of the molecule is Cc1cc2c(-c3cccc4ccccc34)cccc2[cH-]1.Cc1ccc2c(c1)[cH-]c1cc(C)ccc12.[Zr+2]=[C](c1ccccc1)c1ccccc1. The molecule has 234 valence electrons. The van der Waals surface area contributed by atoms with Crippen LogP contribution in [0.3, 0.4) is 0 Å². The van der Waals surface area contributed by atoms with Gasteiger partial charge in [-0.2, -0.15) is 6.07 Å². The molecule has 0 radical (unpaired) electrons. The number of fused-ring (bicyclic) bond motifs is 5. The third kappa shape index (κ3) is 7.24. The normalized spacial score (nSPS) is 10.9. The molecule has 0 saturated carbocycles. The summed E-state index contributed by atoms with van der Waals surface area (Å²) in [6, 6.07) is 63.0. The Bertz CT molecular complexity index is 2420. The molecule has 9 rings (SSSR count). The van der Waals surface area contributed by atoms with Gasteiger partial charge in [0.1, 0.15) is 0 Å². The molecule has 0 amide bonds. The average molecular weight is 706 g/mol. The van der Waals surface area contributed by atoms with Crippen LogP contribution in [0.15, 0.2) is 176 Å². The Hall–Kier alpha value is -4.97. The number of benzene rings is 7. The van der Waals surface area contributed by atoms with E-state index in [-0.39, 0.29) is 0 Å². The first-order chi connectivity index (χ1) is 23.9. The molecule has 0 N–H and O–H groups in total. The van der Waals surface area contributed by atoms with E-state index in [1.807, 2.05) is 0 Å². The van der Waals surface area contributed by atoms with E-state index in [1.54, 1.807) is 0 Å². The molecular formula is C48H38Zr. The molecule has 49 heavy (non-hydrogen) atoms. The Labute approximate surface area is 304 Å². The Morgan fingerprint density at radius 3 is 1.53 bits per heavy atom. The summed E-state index contributed by atoms with van der Waals surface area (Å²) in [6.45, 7) is 6.44. The van der Waals surface area contributed by atoms with Gasteiger partial charge in [-0.05, 0) is 30.2 Å². The molecule has 0 saturated heterocycles. The van der Waals surface area contributed by atoms with Crippen molar-refractivity contribution >= 4 is 46.3 Å². The fraction of sp³-hybridized carbons (Fsp3) is 0.0625. The summed E-state index contributed by atoms with van der Waals surface area (Å²) in [5, 5.41) is 10.7. The first-order valence-corrected chi connectivity index (χ1v) is 18.1. The monoisotopic (exact) mass is 704 g/mol. The van der Waals surface area contributed by atoms with Crippen LogP contribution < -0.4 is 0 Å². The van der Waals surface area contributed by atoms with E-state index in [0.29, 0.717) is 0 Å². The van der Waals surface area contributed by atoms with E-state index in [9.17, 15) is 0 Å². The molecule has 0 aliphatic rings. The molecule has 1 heteroatoms. The number of aryl methyl sites for hydroxylation is 3. The fourth-order valence-electron chi connectivity index (χ4n) is 6.72. The van der Waals surface area contributed by atoms with Crippen molar-refractivity contribution in [2.24, 2.45) is 0 Å². The van der Waals surface area contributed by atoms with Gasteiger partial charge in [-0.1, -0.05) is 96.4 Å². The average Bonchev–Trinajstić information content (AvgIpc) is 3.70. The summed E-state index contributed by atoms with van der Waals surface area (Å²) in [4.78, 5) is 0. The molecule has 0 heterocycles. The van der Waals surface area contributed by atoms with E-state index in [2.05, 4.69) is 197 Å². The van der Waals surface area contributed by atoms with Crippen LogP contribution in [-0.4, -0.2) is 3.21 Å². The molecule has 9 aromatic carbocycles. The van der Waals surface area contributed by atoms with Crippen LogP contribution in [0.25, 0.3) is 54.2 Å². The fourth-order valence-corrected chi connectivity index (χ4v) is 7.54. The van der Waals surface area contributed by atoms with Gasteiger partial charge in [0.15, 0.2) is 0 Å². The molecule has 9 aromatic rings. The van der Waals surface area contributed by atoms with E-state index in [4.69, 9.17) is 0 Å². The van der Waals surface area contributed by atoms with Gasteiger partial charge in [0.25, 0.3) is 0 Å². The van der Waals surface area contributed by atoms with Crippen molar-refractivity contribution in [1.29, 1.82) is 0 Å². The van der Waals surface area contributed by atoms with Crippen molar-refractivity contribution in [3.05, 3.63) is 204 Å². The predicted octanol–water partition coefficient (Wildman–Crippen LogP) is 12.8. The quantitative estimate of drug-likeness (QED) is 0.161. The van der Waals surface area contributed by atoms with Gasteiger partial charge in [0.2, 0.25) is 0 Å². The molecule has 0 aliphatic heterocycles. The van der Waals surface area contributed by atoms with Gasteiger partial charge in [-0.25, -0.2) is 0 Å². The number of hydrogen-bond acceptors (Lipinski definition) is 0. The van der Waals surface area contributed by atoms with Crippen molar-refractivity contribution < 1.29 is 24.2 Å². The Kier molecular flexibility index (Phi) is 9.74. The number of hydrogen-bond donors (Lipinski definition) is 0. The second-order valence-electron chi connectivity index (χ2n) is 12.8. The molecule has 0 aliphatic carbocycles. The summed E-state index contributed by atoms with van der Waals surface area (Å²) in [5.41, 5.74) is 9.29. The zero-order valence-corrected chi connectivity index (χ0v) is 30.7.